The van der Waals surface area contributed by atoms with Gasteiger partial charge >= 0.3 is 0 Å². The summed E-state index contributed by atoms with van der Waals surface area (Å²) in [7, 11) is 0. The molecule has 4 aliphatic carbocycles. The molecule has 0 aromatic carbocycles. The quantitative estimate of drug-likeness (QED) is 0.823. The van der Waals surface area contributed by atoms with Crippen LogP contribution in [0.25, 0.3) is 0 Å². The third-order valence-corrected chi connectivity index (χ3v) is 9.87. The molecule has 142 valence electrons. The van der Waals surface area contributed by atoms with E-state index >= 15 is 0 Å². The molecule has 1 heterocycles. The summed E-state index contributed by atoms with van der Waals surface area (Å²) in [6.07, 6.45) is 12.6. The van der Waals surface area contributed by atoms with E-state index in [9.17, 15) is 10.2 Å². The zero-order chi connectivity index (χ0) is 17.3. The number of nitrogens with zero attached hydrogens (tertiary/aromatic N) is 1. The first-order valence-electron chi connectivity index (χ1n) is 11.0. The highest BCUT2D eigenvalue weighted by Gasteiger charge is 2.67. The fourth-order valence-corrected chi connectivity index (χ4v) is 9.38. The Kier molecular flexibility index (Phi) is 3.87. The van der Waals surface area contributed by atoms with Crippen LogP contribution in [0.2, 0.25) is 0 Å². The van der Waals surface area contributed by atoms with Gasteiger partial charge in [0.05, 0.1) is 6.61 Å². The lowest BCUT2D eigenvalue weighted by atomic mass is 9.39. The van der Waals surface area contributed by atoms with Crippen molar-refractivity contribution < 1.29 is 10.2 Å². The van der Waals surface area contributed by atoms with Gasteiger partial charge in [0.25, 0.3) is 0 Å². The third kappa shape index (κ3) is 2.21. The van der Waals surface area contributed by atoms with E-state index in [4.69, 9.17) is 0 Å². The van der Waals surface area contributed by atoms with Gasteiger partial charge in [0.15, 0.2) is 0 Å². The lowest BCUT2D eigenvalue weighted by molar-refractivity contribution is -0.204. The smallest absolute Gasteiger partial charge is 0.0558 e. The molecule has 25 heavy (non-hydrogen) atoms. The number of fused-ring (bicyclic) bond motifs is 1. The highest BCUT2D eigenvalue weighted by atomic mass is 16.3. The molecule has 5 rings (SSSR count). The first-order chi connectivity index (χ1) is 12.1. The monoisotopic (exact) mass is 347 g/mol. The standard InChI is InChI=1S/C22H37NO2/c1-20-6-2-7-22(15-23(14-20)9-10-24)18(20)5-8-21-11-16(3-4-19(21)22)17(12-21)13-25/h16-19,24-25H,2-15H2,1H3/t16-,17+,18-,19-,20+,21+,22+/m1/s1. The first kappa shape index (κ1) is 17.0. The number of aliphatic hydroxyl groups is 2. The molecule has 2 N–H and O–H groups in total. The minimum atomic E-state index is 0.307. The van der Waals surface area contributed by atoms with Crippen molar-refractivity contribution in [2.45, 2.75) is 64.7 Å². The molecule has 1 spiro atoms. The Morgan fingerprint density at radius 2 is 1.84 bits per heavy atom. The lowest BCUT2D eigenvalue weighted by Crippen LogP contribution is -2.67. The van der Waals surface area contributed by atoms with Gasteiger partial charge < -0.3 is 10.2 Å². The predicted octanol–water partition coefficient (Wildman–Crippen LogP) is 3.30. The summed E-state index contributed by atoms with van der Waals surface area (Å²) in [5, 5.41) is 19.5. The van der Waals surface area contributed by atoms with Crippen LogP contribution in [0.3, 0.4) is 0 Å². The van der Waals surface area contributed by atoms with Gasteiger partial charge in [0.2, 0.25) is 0 Å². The van der Waals surface area contributed by atoms with Gasteiger partial charge in [-0.25, -0.2) is 0 Å². The Bertz CT molecular complexity index is 538. The molecular weight excluding hydrogens is 310 g/mol. The maximum atomic E-state index is 9.92. The molecule has 0 aromatic rings. The van der Waals surface area contributed by atoms with E-state index in [0.717, 1.165) is 24.3 Å². The molecule has 0 unspecified atom stereocenters. The van der Waals surface area contributed by atoms with E-state index in [1.54, 1.807) is 0 Å². The van der Waals surface area contributed by atoms with E-state index in [1.165, 1.54) is 70.9 Å². The lowest BCUT2D eigenvalue weighted by Gasteiger charge is -2.69. The van der Waals surface area contributed by atoms with Crippen molar-refractivity contribution >= 4 is 0 Å². The van der Waals surface area contributed by atoms with Crippen LogP contribution in [-0.2, 0) is 0 Å². The average Bonchev–Trinajstić information content (AvgIpc) is 2.84. The highest BCUT2D eigenvalue weighted by molar-refractivity contribution is 5.17. The van der Waals surface area contributed by atoms with E-state index in [-0.39, 0.29) is 0 Å². The fraction of sp³-hybridized carbons (Fsp3) is 1.00. The summed E-state index contributed by atoms with van der Waals surface area (Å²) in [6.45, 7) is 6.62. The summed E-state index contributed by atoms with van der Waals surface area (Å²) >= 11 is 0. The predicted molar refractivity (Wildman–Crippen MR) is 99.1 cm³/mol. The molecule has 4 bridgehead atoms. The summed E-state index contributed by atoms with van der Waals surface area (Å²) in [5.41, 5.74) is 1.53. The van der Waals surface area contributed by atoms with Gasteiger partial charge in [-0.05, 0) is 91.3 Å². The average molecular weight is 348 g/mol. The molecule has 3 heteroatoms. The SMILES string of the molecule is C[C@]12CCC[C@]3(CN(CCO)C1)[C@@H]2CC[C@]12C[C@@H](CO)[C@H](CC[C@H]13)C2. The molecule has 5 fully saturated rings. The Hall–Kier alpha value is -0.120. The van der Waals surface area contributed by atoms with Crippen LogP contribution in [-0.4, -0.2) is 48.0 Å². The highest BCUT2D eigenvalue weighted by Crippen LogP contribution is 2.73. The Morgan fingerprint density at radius 1 is 0.960 bits per heavy atom. The Balaban J connectivity index is 1.53. The minimum Gasteiger partial charge on any atom is -0.396 e. The number of aliphatic hydroxyl groups excluding tert-OH is 2. The van der Waals surface area contributed by atoms with Gasteiger partial charge in [0, 0.05) is 26.2 Å². The van der Waals surface area contributed by atoms with Crippen LogP contribution >= 0.6 is 0 Å². The molecule has 7 atom stereocenters. The van der Waals surface area contributed by atoms with Crippen LogP contribution in [0.15, 0.2) is 0 Å². The molecule has 0 aromatic heterocycles. The van der Waals surface area contributed by atoms with Crippen molar-refractivity contribution in [1.29, 1.82) is 0 Å². The van der Waals surface area contributed by atoms with E-state index in [2.05, 4.69) is 11.8 Å². The number of hydrogen-bond acceptors (Lipinski definition) is 3. The van der Waals surface area contributed by atoms with Gasteiger partial charge in [-0.15, -0.1) is 0 Å². The van der Waals surface area contributed by atoms with Crippen LogP contribution in [0.5, 0.6) is 0 Å². The second-order valence-electron chi connectivity index (χ2n) is 10.9. The summed E-state index contributed by atoms with van der Waals surface area (Å²) in [5.74, 6) is 3.18. The second-order valence-corrected chi connectivity index (χ2v) is 10.9. The fourth-order valence-electron chi connectivity index (χ4n) is 9.38. The molecule has 0 amide bonds. The molecule has 0 radical (unpaired) electrons. The van der Waals surface area contributed by atoms with Gasteiger partial charge in [0.1, 0.15) is 0 Å². The molecule has 3 nitrogen and oxygen atoms in total. The topological polar surface area (TPSA) is 43.7 Å². The van der Waals surface area contributed by atoms with Crippen molar-refractivity contribution in [2.24, 2.45) is 39.9 Å². The summed E-state index contributed by atoms with van der Waals surface area (Å²) in [6, 6.07) is 0. The molecule has 1 saturated heterocycles. The van der Waals surface area contributed by atoms with Crippen LogP contribution in [0, 0.1) is 39.9 Å². The van der Waals surface area contributed by atoms with Crippen LogP contribution in [0.4, 0.5) is 0 Å². The molecule has 4 saturated carbocycles. The zero-order valence-corrected chi connectivity index (χ0v) is 16.1. The van der Waals surface area contributed by atoms with Crippen LogP contribution in [0.1, 0.15) is 64.7 Å². The van der Waals surface area contributed by atoms with Gasteiger partial charge in [-0.1, -0.05) is 13.3 Å². The number of hydrogen-bond donors (Lipinski definition) is 2. The number of rotatable bonds is 3. The van der Waals surface area contributed by atoms with Gasteiger partial charge in [-0.2, -0.15) is 0 Å². The second kappa shape index (κ2) is 5.69. The molecule has 1 aliphatic heterocycles. The van der Waals surface area contributed by atoms with Gasteiger partial charge in [-0.3, -0.25) is 4.90 Å². The van der Waals surface area contributed by atoms with Crippen molar-refractivity contribution in [2.75, 3.05) is 32.8 Å². The molecule has 5 aliphatic rings. The van der Waals surface area contributed by atoms with Crippen molar-refractivity contribution in [3.8, 4) is 0 Å². The minimum absolute atomic E-state index is 0.307. The summed E-state index contributed by atoms with van der Waals surface area (Å²) < 4.78 is 0. The Morgan fingerprint density at radius 3 is 2.64 bits per heavy atom. The maximum absolute atomic E-state index is 9.92. The summed E-state index contributed by atoms with van der Waals surface area (Å²) in [4.78, 5) is 2.62. The van der Waals surface area contributed by atoms with Crippen molar-refractivity contribution in [1.82, 2.24) is 4.90 Å². The number of piperidine rings is 1. The normalized spacial score (nSPS) is 54.8. The van der Waals surface area contributed by atoms with Crippen molar-refractivity contribution in [3.63, 3.8) is 0 Å². The third-order valence-electron chi connectivity index (χ3n) is 9.87. The maximum Gasteiger partial charge on any atom is 0.0558 e. The van der Waals surface area contributed by atoms with E-state index < -0.39 is 0 Å². The Labute approximate surface area is 153 Å². The van der Waals surface area contributed by atoms with E-state index in [1.807, 2.05) is 0 Å². The zero-order valence-electron chi connectivity index (χ0n) is 16.1. The van der Waals surface area contributed by atoms with Crippen molar-refractivity contribution in [3.05, 3.63) is 0 Å². The number of likely N-dealkylation sites (tertiary alicyclic amines) is 1. The molecular formula is C22H37NO2. The number of β-amino-alcohol motifs (C(OH)–C–C–N with tert-alkyl or cyclic N) is 1. The largest absolute Gasteiger partial charge is 0.396 e. The van der Waals surface area contributed by atoms with Crippen LogP contribution < -0.4 is 0 Å². The first-order valence-corrected chi connectivity index (χ1v) is 11.0. The van der Waals surface area contributed by atoms with E-state index in [0.29, 0.717) is 35.4 Å².